The second-order valence-corrected chi connectivity index (χ2v) is 8.48. The van der Waals surface area contributed by atoms with Gasteiger partial charge in [-0.25, -0.2) is 4.98 Å². The maximum atomic E-state index is 10.0. The summed E-state index contributed by atoms with van der Waals surface area (Å²) in [6.45, 7) is 5.49. The molecule has 164 valence electrons. The molecule has 0 saturated carbocycles. The van der Waals surface area contributed by atoms with Crippen molar-refractivity contribution in [1.82, 2.24) is 19.8 Å². The molecule has 1 aliphatic heterocycles. The van der Waals surface area contributed by atoms with Gasteiger partial charge in [-0.15, -0.1) is 0 Å². The number of rotatable bonds is 5. The van der Waals surface area contributed by atoms with Crippen molar-refractivity contribution >= 4 is 11.0 Å². The summed E-state index contributed by atoms with van der Waals surface area (Å²) in [6, 6.07) is 16.1. The third-order valence-electron chi connectivity index (χ3n) is 6.29. The average molecular weight is 429 g/mol. The second-order valence-electron chi connectivity index (χ2n) is 8.48. The predicted molar refractivity (Wildman–Crippen MR) is 128 cm³/mol. The molecule has 0 radical (unpaired) electrons. The lowest BCUT2D eigenvalue weighted by atomic mass is 10.0. The molecule has 1 aliphatic rings. The molecule has 2 aromatic heterocycles. The summed E-state index contributed by atoms with van der Waals surface area (Å²) in [5.74, 6) is 0.914. The van der Waals surface area contributed by atoms with Gasteiger partial charge in [0.2, 0.25) is 0 Å². The van der Waals surface area contributed by atoms with Gasteiger partial charge in [-0.3, -0.25) is 4.90 Å². The van der Waals surface area contributed by atoms with Crippen LogP contribution in [0.2, 0.25) is 0 Å². The minimum absolute atomic E-state index is 0.204. The average Bonchev–Trinajstić information content (AvgIpc) is 3.24. The number of ether oxygens (including phenoxy) is 1. The van der Waals surface area contributed by atoms with Gasteiger partial charge >= 0.3 is 0 Å². The number of phenols is 1. The maximum Gasteiger partial charge on any atom is 0.137 e. The summed E-state index contributed by atoms with van der Waals surface area (Å²) < 4.78 is 5.52. The van der Waals surface area contributed by atoms with Crippen LogP contribution < -0.4 is 4.74 Å². The van der Waals surface area contributed by atoms with Gasteiger partial charge in [0.05, 0.1) is 7.11 Å². The highest BCUT2D eigenvalue weighted by atomic mass is 16.5. The highest BCUT2D eigenvalue weighted by Crippen LogP contribution is 2.38. The van der Waals surface area contributed by atoms with Gasteiger partial charge in [-0.1, -0.05) is 24.3 Å². The normalized spacial score (nSPS) is 15.3. The third-order valence-corrected chi connectivity index (χ3v) is 6.29. The number of benzene rings is 2. The molecule has 1 fully saturated rings. The summed E-state index contributed by atoms with van der Waals surface area (Å²) in [5, 5.41) is 11.0. The number of nitrogens with zero attached hydrogens (tertiary/aromatic N) is 3. The maximum absolute atomic E-state index is 10.0. The van der Waals surface area contributed by atoms with Crippen molar-refractivity contribution in [2.45, 2.75) is 6.54 Å². The molecule has 6 nitrogen and oxygen atoms in total. The molecular formula is C26H28N4O2. The molecule has 1 saturated heterocycles. The van der Waals surface area contributed by atoms with Crippen LogP contribution in [0, 0.1) is 0 Å². The van der Waals surface area contributed by atoms with E-state index in [2.05, 4.69) is 57.1 Å². The Morgan fingerprint density at radius 2 is 1.75 bits per heavy atom. The summed E-state index contributed by atoms with van der Waals surface area (Å²) in [6.07, 6.45) is 3.82. The minimum atomic E-state index is 0.204. The van der Waals surface area contributed by atoms with E-state index >= 15 is 0 Å². The molecule has 3 heterocycles. The zero-order chi connectivity index (χ0) is 22.1. The smallest absolute Gasteiger partial charge is 0.137 e. The van der Waals surface area contributed by atoms with Crippen LogP contribution in [0.3, 0.4) is 0 Å². The standard InChI is InChI=1S/C26H28N4O2/c1-29-9-11-30(12-10-29)17-18-3-5-19(6-4-18)20-13-23-24(16-28-26(23)27-15-20)22-14-21(31)7-8-25(22)32-2/h3-8,13-16,31H,9-12,17H2,1-2H3,(H,27,28). The van der Waals surface area contributed by atoms with E-state index < -0.39 is 0 Å². The molecule has 2 N–H and O–H groups in total. The van der Waals surface area contributed by atoms with Crippen molar-refractivity contribution in [2.24, 2.45) is 0 Å². The van der Waals surface area contributed by atoms with E-state index in [0.717, 1.165) is 66.0 Å². The number of piperazine rings is 1. The molecule has 4 aromatic rings. The molecule has 2 aromatic carbocycles. The van der Waals surface area contributed by atoms with E-state index in [1.165, 1.54) is 5.56 Å². The molecule has 5 rings (SSSR count). The van der Waals surface area contributed by atoms with Crippen LogP contribution in [0.1, 0.15) is 5.56 Å². The molecular weight excluding hydrogens is 400 g/mol. The summed E-state index contributed by atoms with van der Waals surface area (Å²) in [7, 11) is 3.82. The third kappa shape index (κ3) is 4.07. The number of aromatic nitrogens is 2. The molecule has 32 heavy (non-hydrogen) atoms. The quantitative estimate of drug-likeness (QED) is 0.495. The molecule has 0 aliphatic carbocycles. The lowest BCUT2D eigenvalue weighted by Crippen LogP contribution is -2.43. The second kappa shape index (κ2) is 8.65. The highest BCUT2D eigenvalue weighted by molar-refractivity contribution is 5.97. The largest absolute Gasteiger partial charge is 0.508 e. The number of aromatic amines is 1. The zero-order valence-electron chi connectivity index (χ0n) is 18.5. The molecule has 0 spiro atoms. The molecule has 0 bridgehead atoms. The van der Waals surface area contributed by atoms with Crippen LogP contribution in [0.15, 0.2) is 60.9 Å². The van der Waals surface area contributed by atoms with Gasteiger partial charge < -0.3 is 19.7 Å². The molecule has 6 heteroatoms. The lowest BCUT2D eigenvalue weighted by Gasteiger charge is -2.32. The molecule has 0 unspecified atom stereocenters. The van der Waals surface area contributed by atoms with E-state index in [1.807, 2.05) is 12.4 Å². The Morgan fingerprint density at radius 1 is 0.969 bits per heavy atom. The van der Waals surface area contributed by atoms with Crippen molar-refractivity contribution in [3.05, 3.63) is 66.5 Å². The number of hydrogen-bond donors (Lipinski definition) is 2. The fourth-order valence-corrected chi connectivity index (χ4v) is 4.36. The number of pyridine rings is 1. The first kappa shape index (κ1) is 20.5. The van der Waals surface area contributed by atoms with E-state index in [1.54, 1.807) is 25.3 Å². The van der Waals surface area contributed by atoms with E-state index in [9.17, 15) is 5.11 Å². The van der Waals surface area contributed by atoms with E-state index in [-0.39, 0.29) is 5.75 Å². The van der Waals surface area contributed by atoms with Gasteiger partial charge in [-0.2, -0.15) is 0 Å². The first-order valence-electron chi connectivity index (χ1n) is 11.0. The Kier molecular flexibility index (Phi) is 5.55. The number of methoxy groups -OCH3 is 1. The zero-order valence-corrected chi connectivity index (χ0v) is 18.5. The number of nitrogens with one attached hydrogen (secondary N) is 1. The van der Waals surface area contributed by atoms with Gasteiger partial charge in [0.25, 0.3) is 0 Å². The summed E-state index contributed by atoms with van der Waals surface area (Å²) in [4.78, 5) is 12.8. The SMILES string of the molecule is COc1ccc(O)cc1-c1c[nH]c2ncc(-c3ccc(CN4CCN(C)CC4)cc3)cc12. The van der Waals surface area contributed by atoms with E-state index in [0.29, 0.717) is 5.75 Å². The van der Waals surface area contributed by atoms with Crippen molar-refractivity contribution in [3.63, 3.8) is 0 Å². The fourth-order valence-electron chi connectivity index (χ4n) is 4.36. The molecule has 0 amide bonds. The Morgan fingerprint density at radius 3 is 2.50 bits per heavy atom. The Labute approximate surface area is 188 Å². The topological polar surface area (TPSA) is 64.6 Å². The van der Waals surface area contributed by atoms with Gasteiger partial charge in [0.1, 0.15) is 17.1 Å². The summed E-state index contributed by atoms with van der Waals surface area (Å²) >= 11 is 0. The van der Waals surface area contributed by atoms with Crippen LogP contribution in [-0.4, -0.2) is 65.2 Å². The number of hydrogen-bond acceptors (Lipinski definition) is 5. The lowest BCUT2D eigenvalue weighted by molar-refractivity contribution is 0.148. The van der Waals surface area contributed by atoms with E-state index in [4.69, 9.17) is 4.74 Å². The van der Waals surface area contributed by atoms with Crippen molar-refractivity contribution < 1.29 is 9.84 Å². The first-order valence-corrected chi connectivity index (χ1v) is 11.0. The number of H-pyrrole nitrogens is 1. The van der Waals surface area contributed by atoms with Crippen LogP contribution in [0.5, 0.6) is 11.5 Å². The van der Waals surface area contributed by atoms with Gasteiger partial charge in [-0.05, 0) is 42.4 Å². The van der Waals surface area contributed by atoms with Crippen LogP contribution in [0.4, 0.5) is 0 Å². The number of aromatic hydroxyl groups is 1. The van der Waals surface area contributed by atoms with Crippen LogP contribution >= 0.6 is 0 Å². The van der Waals surface area contributed by atoms with Gasteiger partial charge in [0.15, 0.2) is 0 Å². The fraction of sp³-hybridized carbons (Fsp3) is 0.269. The van der Waals surface area contributed by atoms with Crippen molar-refractivity contribution in [1.29, 1.82) is 0 Å². The highest BCUT2D eigenvalue weighted by Gasteiger charge is 2.15. The van der Waals surface area contributed by atoms with Crippen LogP contribution in [-0.2, 0) is 6.54 Å². The van der Waals surface area contributed by atoms with Crippen molar-refractivity contribution in [3.8, 4) is 33.8 Å². The van der Waals surface area contributed by atoms with Crippen LogP contribution in [0.25, 0.3) is 33.3 Å². The van der Waals surface area contributed by atoms with Crippen molar-refractivity contribution in [2.75, 3.05) is 40.3 Å². The Bertz CT molecular complexity index is 1220. The minimum Gasteiger partial charge on any atom is -0.508 e. The Hall–Kier alpha value is -3.35. The number of likely N-dealkylation sites (N-methyl/N-ethyl adjacent to an activating group) is 1. The summed E-state index contributed by atoms with van der Waals surface area (Å²) in [5.41, 5.74) is 6.12. The first-order chi connectivity index (χ1) is 15.6. The predicted octanol–water partition coefficient (Wildman–Crippen LogP) is 4.36. The number of fused-ring (bicyclic) bond motifs is 1. The van der Waals surface area contributed by atoms with Gasteiger partial charge in [0, 0.05) is 67.2 Å². The monoisotopic (exact) mass is 428 g/mol. The Balaban J connectivity index is 1.43. The molecule has 0 atom stereocenters. The number of phenolic OH excluding ortho intramolecular Hbond substituents is 1.